The van der Waals surface area contributed by atoms with E-state index in [1.54, 1.807) is 5.57 Å². The molecule has 1 N–H and O–H groups in total. The molecule has 1 fully saturated rings. The van der Waals surface area contributed by atoms with Gasteiger partial charge in [-0.05, 0) is 49.0 Å². The van der Waals surface area contributed by atoms with Gasteiger partial charge in [0.15, 0.2) is 0 Å². The van der Waals surface area contributed by atoms with E-state index in [9.17, 15) is 0 Å². The van der Waals surface area contributed by atoms with Crippen molar-refractivity contribution >= 4 is 29.2 Å². The molecule has 0 aromatic carbocycles. The summed E-state index contributed by atoms with van der Waals surface area (Å²) < 4.78 is 2.14. The molecule has 0 amide bonds. The van der Waals surface area contributed by atoms with E-state index in [0.29, 0.717) is 0 Å². The van der Waals surface area contributed by atoms with E-state index in [2.05, 4.69) is 38.6 Å². The second-order valence-corrected chi connectivity index (χ2v) is 5.82. The van der Waals surface area contributed by atoms with Crippen molar-refractivity contribution in [2.24, 2.45) is 0 Å². The van der Waals surface area contributed by atoms with E-state index in [1.165, 1.54) is 16.0 Å². The van der Waals surface area contributed by atoms with Crippen LogP contribution in [0.4, 0.5) is 0 Å². The number of fused-ring (bicyclic) bond motifs is 2. The van der Waals surface area contributed by atoms with Crippen molar-refractivity contribution in [1.29, 1.82) is 0 Å². The largest absolute Gasteiger partial charge is 0.316 e. The van der Waals surface area contributed by atoms with E-state index in [-0.39, 0.29) is 0 Å². The Morgan fingerprint density at radius 3 is 3.05 bits per heavy atom. The van der Waals surface area contributed by atoms with Crippen LogP contribution in [-0.4, -0.2) is 22.6 Å². The van der Waals surface area contributed by atoms with Gasteiger partial charge in [-0.3, -0.25) is 0 Å². The van der Waals surface area contributed by atoms with Crippen molar-refractivity contribution in [1.82, 2.24) is 14.9 Å². The highest BCUT2D eigenvalue weighted by atomic mass is 32.1. The quantitative estimate of drug-likeness (QED) is 0.679. The van der Waals surface area contributed by atoms with Crippen LogP contribution >= 0.6 is 11.3 Å². The number of aromatic nitrogens is 2. The number of hydrogen-bond donors (Lipinski definition) is 1. The first-order chi connectivity index (χ1) is 9.43. The summed E-state index contributed by atoms with van der Waals surface area (Å²) in [6, 6.07) is 2.20. The van der Waals surface area contributed by atoms with Crippen molar-refractivity contribution in [3.8, 4) is 0 Å². The minimum atomic E-state index is 1.08. The van der Waals surface area contributed by atoms with Gasteiger partial charge in [0, 0.05) is 29.0 Å². The molecule has 0 unspecified atom stereocenters. The maximum Gasteiger partial charge on any atom is 0.145 e. The average Bonchev–Trinajstić information content (AvgIpc) is 3.07. The van der Waals surface area contributed by atoms with E-state index in [1.807, 2.05) is 23.7 Å². The smallest absolute Gasteiger partial charge is 0.145 e. The number of thiophene rings is 1. The molecule has 2 aliphatic rings. The summed E-state index contributed by atoms with van der Waals surface area (Å²) in [5.41, 5.74) is 4.22. The average molecular weight is 269 g/mol. The molecule has 19 heavy (non-hydrogen) atoms. The van der Waals surface area contributed by atoms with Gasteiger partial charge in [0.05, 0.1) is 0 Å². The molecule has 4 heterocycles. The fourth-order valence-corrected chi connectivity index (χ4v) is 3.82. The molecule has 0 radical (unpaired) electrons. The first-order valence-electron chi connectivity index (χ1n) is 6.65. The van der Waals surface area contributed by atoms with E-state index < -0.39 is 0 Å². The second-order valence-electron chi connectivity index (χ2n) is 4.91. The molecular weight excluding hydrogens is 254 g/mol. The summed E-state index contributed by atoms with van der Waals surface area (Å²) >= 11 is 1.82. The fraction of sp³-hybridized carbons (Fsp3) is 0.267. The number of rotatable bonds is 0. The Kier molecular flexibility index (Phi) is 2.64. The highest BCUT2D eigenvalue weighted by Crippen LogP contribution is 2.37. The summed E-state index contributed by atoms with van der Waals surface area (Å²) in [7, 11) is 0. The third kappa shape index (κ3) is 1.79. The maximum absolute atomic E-state index is 4.59. The molecule has 0 spiro atoms. The van der Waals surface area contributed by atoms with Crippen molar-refractivity contribution in [2.75, 3.05) is 13.1 Å². The van der Waals surface area contributed by atoms with Crippen molar-refractivity contribution in [3.05, 3.63) is 45.7 Å². The van der Waals surface area contributed by atoms with Crippen LogP contribution in [0.5, 0.6) is 0 Å². The summed E-state index contributed by atoms with van der Waals surface area (Å²) in [5, 5.41) is 5.61. The van der Waals surface area contributed by atoms with E-state index in [4.69, 9.17) is 0 Å². The third-order valence-electron chi connectivity index (χ3n) is 3.79. The Balaban J connectivity index is 1.98. The van der Waals surface area contributed by atoms with Crippen LogP contribution in [0.3, 0.4) is 0 Å². The summed E-state index contributed by atoms with van der Waals surface area (Å²) in [6.07, 6.45) is 10.5. The Morgan fingerprint density at radius 2 is 2.16 bits per heavy atom. The molecule has 0 aliphatic carbocycles. The Labute approximate surface area is 116 Å². The summed E-state index contributed by atoms with van der Waals surface area (Å²) in [4.78, 5) is 5.97. The molecule has 3 nitrogen and oxygen atoms in total. The zero-order valence-corrected chi connectivity index (χ0v) is 11.4. The lowest BCUT2D eigenvalue weighted by Gasteiger charge is -2.19. The fourth-order valence-electron chi connectivity index (χ4n) is 2.84. The highest BCUT2D eigenvalue weighted by molar-refractivity contribution is 7.11. The number of imidazole rings is 1. The van der Waals surface area contributed by atoms with Gasteiger partial charge in [-0.25, -0.2) is 4.98 Å². The van der Waals surface area contributed by atoms with Crippen molar-refractivity contribution < 1.29 is 0 Å². The Morgan fingerprint density at radius 1 is 1.26 bits per heavy atom. The molecule has 1 saturated heterocycles. The molecule has 4 heteroatoms. The van der Waals surface area contributed by atoms with Crippen molar-refractivity contribution in [2.45, 2.75) is 12.8 Å². The maximum atomic E-state index is 4.59. The first-order valence-corrected chi connectivity index (χ1v) is 7.53. The molecule has 2 aromatic heterocycles. The van der Waals surface area contributed by atoms with Crippen LogP contribution in [-0.2, 0) is 0 Å². The van der Waals surface area contributed by atoms with Crippen LogP contribution in [0.15, 0.2) is 29.4 Å². The zero-order valence-electron chi connectivity index (χ0n) is 10.6. The van der Waals surface area contributed by atoms with E-state index >= 15 is 0 Å². The highest BCUT2D eigenvalue weighted by Gasteiger charge is 2.22. The van der Waals surface area contributed by atoms with Gasteiger partial charge in [-0.2, -0.15) is 0 Å². The standard InChI is InChI=1S/C15H15N3S/c1-5-16-6-2-11(1)13-14-12(4-10-19-14)3-8-18-9-7-17-15(13)18/h3-4,7-10,16H,1-2,5-6H2. The Bertz CT molecular complexity index is 621. The minimum absolute atomic E-state index is 1.08. The normalized spacial score (nSPS) is 18.1. The number of nitrogens with zero attached hydrogens (tertiary/aromatic N) is 2. The van der Waals surface area contributed by atoms with Crippen LogP contribution in [0.1, 0.15) is 29.1 Å². The zero-order chi connectivity index (χ0) is 12.7. The van der Waals surface area contributed by atoms with Gasteiger partial charge in [0.25, 0.3) is 0 Å². The topological polar surface area (TPSA) is 29.9 Å². The SMILES string of the molecule is C1=Cn2ccnc2C(=C2CCNCC2)c2sccc21. The van der Waals surface area contributed by atoms with Gasteiger partial charge in [0.2, 0.25) is 0 Å². The second kappa shape index (κ2) is 4.47. The number of piperidine rings is 1. The van der Waals surface area contributed by atoms with E-state index in [0.717, 1.165) is 31.8 Å². The van der Waals surface area contributed by atoms with Crippen molar-refractivity contribution in [3.63, 3.8) is 0 Å². The van der Waals surface area contributed by atoms with Crippen LogP contribution in [0.25, 0.3) is 17.8 Å². The number of hydrogen-bond acceptors (Lipinski definition) is 3. The molecule has 0 atom stereocenters. The summed E-state index contributed by atoms with van der Waals surface area (Å²) in [6.45, 7) is 2.15. The first kappa shape index (κ1) is 11.2. The number of nitrogens with one attached hydrogen (secondary N) is 1. The van der Waals surface area contributed by atoms with Gasteiger partial charge in [-0.15, -0.1) is 11.3 Å². The molecule has 2 aromatic rings. The van der Waals surface area contributed by atoms with Gasteiger partial charge in [0.1, 0.15) is 5.82 Å². The van der Waals surface area contributed by atoms with Crippen LogP contribution < -0.4 is 5.32 Å². The summed E-state index contributed by atoms with van der Waals surface area (Å²) in [5.74, 6) is 1.09. The van der Waals surface area contributed by atoms with Gasteiger partial charge < -0.3 is 9.88 Å². The lowest BCUT2D eigenvalue weighted by molar-refractivity contribution is 0.611. The van der Waals surface area contributed by atoms with Crippen LogP contribution in [0.2, 0.25) is 0 Å². The predicted molar refractivity (Wildman–Crippen MR) is 79.9 cm³/mol. The predicted octanol–water partition coefficient (Wildman–Crippen LogP) is 3.07. The molecular formula is C15H15N3S. The third-order valence-corrected chi connectivity index (χ3v) is 4.74. The monoisotopic (exact) mass is 269 g/mol. The lowest BCUT2D eigenvalue weighted by Crippen LogP contribution is -2.24. The molecule has 96 valence electrons. The molecule has 0 bridgehead atoms. The Hall–Kier alpha value is -1.65. The van der Waals surface area contributed by atoms with Crippen LogP contribution in [0, 0.1) is 0 Å². The molecule has 0 saturated carbocycles. The minimum Gasteiger partial charge on any atom is -0.316 e. The molecule has 2 aliphatic heterocycles. The lowest BCUT2D eigenvalue weighted by atomic mass is 9.96. The molecule has 4 rings (SSSR count). The van der Waals surface area contributed by atoms with Gasteiger partial charge >= 0.3 is 0 Å². The van der Waals surface area contributed by atoms with Gasteiger partial charge in [-0.1, -0.05) is 5.57 Å².